The van der Waals surface area contributed by atoms with E-state index in [4.69, 9.17) is 16.7 Å². The summed E-state index contributed by atoms with van der Waals surface area (Å²) < 4.78 is 0. The number of nitrogens with zero attached hydrogens (tertiary/aromatic N) is 2. The van der Waals surface area contributed by atoms with Gasteiger partial charge in [-0.15, -0.1) is 0 Å². The van der Waals surface area contributed by atoms with Gasteiger partial charge in [-0.2, -0.15) is 0 Å². The summed E-state index contributed by atoms with van der Waals surface area (Å²) in [4.78, 5) is 17.8. The van der Waals surface area contributed by atoms with Gasteiger partial charge in [0, 0.05) is 23.8 Å². The predicted molar refractivity (Wildman–Crippen MR) is 67.2 cm³/mol. The van der Waals surface area contributed by atoms with E-state index < -0.39 is 0 Å². The first-order valence-electron chi connectivity index (χ1n) is 5.51. The van der Waals surface area contributed by atoms with Crippen molar-refractivity contribution in [2.45, 2.75) is 26.8 Å². The first-order valence-corrected chi connectivity index (χ1v) is 5.89. The van der Waals surface area contributed by atoms with E-state index in [2.05, 4.69) is 4.98 Å². The zero-order chi connectivity index (χ0) is 13.0. The molecule has 1 aromatic heterocycles. The summed E-state index contributed by atoms with van der Waals surface area (Å²) in [5, 5.41) is 9.26. The first-order chi connectivity index (χ1) is 7.95. The largest absolute Gasteiger partial charge is 0.395 e. The maximum atomic E-state index is 12.2. The average molecular weight is 257 g/mol. The van der Waals surface area contributed by atoms with Crippen molar-refractivity contribution in [2.75, 3.05) is 13.2 Å². The number of carbonyl (C=O) groups excluding carboxylic acids is 1. The Balaban J connectivity index is 3.00. The maximum Gasteiger partial charge on any atom is 0.254 e. The molecule has 1 heterocycles. The predicted octanol–water partition coefficient (Wildman–Crippen LogP) is 1.89. The molecule has 0 fully saturated rings. The molecule has 0 bridgehead atoms. The zero-order valence-electron chi connectivity index (χ0n) is 10.3. The normalized spacial score (nSPS) is 10.7. The molecule has 0 unspecified atom stereocenters. The number of halogens is 1. The zero-order valence-corrected chi connectivity index (χ0v) is 11.0. The summed E-state index contributed by atoms with van der Waals surface area (Å²) in [5.74, 6) is -0.138. The fourth-order valence-electron chi connectivity index (χ4n) is 1.62. The van der Waals surface area contributed by atoms with Gasteiger partial charge in [0.25, 0.3) is 5.91 Å². The molecule has 0 aromatic carbocycles. The van der Waals surface area contributed by atoms with Crippen molar-refractivity contribution in [1.29, 1.82) is 0 Å². The molecule has 0 spiro atoms. The van der Waals surface area contributed by atoms with E-state index in [0.717, 1.165) is 0 Å². The minimum absolute atomic E-state index is 0.0295. The van der Waals surface area contributed by atoms with Crippen LogP contribution in [-0.4, -0.2) is 40.1 Å². The van der Waals surface area contributed by atoms with Crippen molar-refractivity contribution in [2.24, 2.45) is 0 Å². The fourth-order valence-corrected chi connectivity index (χ4v) is 1.87. The number of carbonyl (C=O) groups is 1. The van der Waals surface area contributed by atoms with Gasteiger partial charge in [0.15, 0.2) is 0 Å². The lowest BCUT2D eigenvalue weighted by Crippen LogP contribution is -2.39. The SMILES string of the molecule is Cc1cc(C(=O)N(CCO)C(C)C)cc(Cl)n1. The number of aliphatic hydroxyl groups excluding tert-OH is 1. The third kappa shape index (κ3) is 3.68. The van der Waals surface area contributed by atoms with Crippen LogP contribution in [0.4, 0.5) is 0 Å². The van der Waals surface area contributed by atoms with E-state index in [1.807, 2.05) is 13.8 Å². The molecule has 4 nitrogen and oxygen atoms in total. The summed E-state index contributed by atoms with van der Waals surface area (Å²) in [6.45, 7) is 5.86. The number of aryl methyl sites for hydroxylation is 1. The summed E-state index contributed by atoms with van der Waals surface area (Å²) >= 11 is 5.82. The second-order valence-corrected chi connectivity index (χ2v) is 4.52. The molecule has 0 aliphatic heterocycles. The van der Waals surface area contributed by atoms with E-state index >= 15 is 0 Å². The number of hydrogen-bond donors (Lipinski definition) is 1. The van der Waals surface area contributed by atoms with Crippen molar-refractivity contribution >= 4 is 17.5 Å². The van der Waals surface area contributed by atoms with Crippen molar-refractivity contribution in [3.8, 4) is 0 Å². The second kappa shape index (κ2) is 5.98. The van der Waals surface area contributed by atoms with E-state index in [1.165, 1.54) is 0 Å². The van der Waals surface area contributed by atoms with Crippen molar-refractivity contribution < 1.29 is 9.90 Å². The van der Waals surface area contributed by atoms with Crippen LogP contribution in [0, 0.1) is 6.92 Å². The van der Waals surface area contributed by atoms with Crippen molar-refractivity contribution in [3.63, 3.8) is 0 Å². The lowest BCUT2D eigenvalue weighted by atomic mass is 10.2. The molecule has 1 rings (SSSR count). The van der Waals surface area contributed by atoms with Crippen LogP contribution in [0.3, 0.4) is 0 Å². The standard InChI is InChI=1S/C12H17ClN2O2/c1-8(2)15(4-5-16)12(17)10-6-9(3)14-11(13)7-10/h6-8,16H,4-5H2,1-3H3. The van der Waals surface area contributed by atoms with Crippen molar-refractivity contribution in [1.82, 2.24) is 9.88 Å². The number of amides is 1. The molecule has 1 N–H and O–H groups in total. The Hall–Kier alpha value is -1.13. The Morgan fingerprint density at radius 3 is 2.65 bits per heavy atom. The van der Waals surface area contributed by atoms with Crippen LogP contribution in [0.2, 0.25) is 5.15 Å². The molecule has 0 saturated heterocycles. The lowest BCUT2D eigenvalue weighted by molar-refractivity contribution is 0.0665. The minimum atomic E-state index is -0.138. The van der Waals surface area contributed by atoms with Crippen LogP contribution in [0.1, 0.15) is 29.9 Å². The van der Waals surface area contributed by atoms with E-state index in [1.54, 1.807) is 24.0 Å². The van der Waals surface area contributed by atoms with Crippen LogP contribution < -0.4 is 0 Å². The summed E-state index contributed by atoms with van der Waals surface area (Å²) in [7, 11) is 0. The van der Waals surface area contributed by atoms with Gasteiger partial charge in [-0.05, 0) is 32.9 Å². The molecule has 5 heteroatoms. The van der Waals surface area contributed by atoms with Gasteiger partial charge < -0.3 is 10.0 Å². The van der Waals surface area contributed by atoms with Gasteiger partial charge in [-0.25, -0.2) is 4.98 Å². The number of aromatic nitrogens is 1. The Bertz CT molecular complexity index is 387. The molecule has 0 aliphatic rings. The molecule has 94 valence electrons. The van der Waals surface area contributed by atoms with Crippen molar-refractivity contribution in [3.05, 3.63) is 28.5 Å². The molecular formula is C12H17ClN2O2. The minimum Gasteiger partial charge on any atom is -0.395 e. The molecule has 0 aliphatic carbocycles. The van der Waals surface area contributed by atoms with Crippen LogP contribution in [-0.2, 0) is 0 Å². The highest BCUT2D eigenvalue weighted by Crippen LogP contribution is 2.14. The van der Waals surface area contributed by atoms with Crippen LogP contribution in [0.15, 0.2) is 12.1 Å². The summed E-state index contributed by atoms with van der Waals surface area (Å²) in [6.07, 6.45) is 0. The number of aliphatic hydroxyl groups is 1. The number of rotatable bonds is 4. The topological polar surface area (TPSA) is 53.4 Å². The van der Waals surface area contributed by atoms with Gasteiger partial charge >= 0.3 is 0 Å². The Labute approximate surface area is 106 Å². The number of hydrogen-bond acceptors (Lipinski definition) is 3. The van der Waals surface area contributed by atoms with E-state index in [9.17, 15) is 4.79 Å². The maximum absolute atomic E-state index is 12.2. The molecule has 0 saturated carbocycles. The Morgan fingerprint density at radius 1 is 1.53 bits per heavy atom. The fraction of sp³-hybridized carbons (Fsp3) is 0.500. The molecule has 0 radical (unpaired) electrons. The van der Waals surface area contributed by atoms with Gasteiger partial charge in [-0.3, -0.25) is 4.79 Å². The first kappa shape index (κ1) is 13.9. The van der Waals surface area contributed by atoms with Crippen LogP contribution in [0.5, 0.6) is 0 Å². The third-order valence-electron chi connectivity index (χ3n) is 2.39. The molecular weight excluding hydrogens is 240 g/mol. The Kier molecular flexibility index (Phi) is 4.90. The summed E-state index contributed by atoms with van der Waals surface area (Å²) in [6, 6.07) is 3.27. The average Bonchev–Trinajstić information content (AvgIpc) is 2.23. The highest BCUT2D eigenvalue weighted by atomic mass is 35.5. The molecule has 1 amide bonds. The lowest BCUT2D eigenvalue weighted by Gasteiger charge is -2.26. The van der Waals surface area contributed by atoms with Gasteiger partial charge in [0.2, 0.25) is 0 Å². The quantitative estimate of drug-likeness (QED) is 0.837. The van der Waals surface area contributed by atoms with Gasteiger partial charge in [0.1, 0.15) is 5.15 Å². The molecule has 1 aromatic rings. The second-order valence-electron chi connectivity index (χ2n) is 4.14. The highest BCUT2D eigenvalue weighted by Gasteiger charge is 2.18. The number of pyridine rings is 1. The van der Waals surface area contributed by atoms with Gasteiger partial charge in [0.05, 0.1) is 6.61 Å². The van der Waals surface area contributed by atoms with E-state index in [0.29, 0.717) is 23.0 Å². The highest BCUT2D eigenvalue weighted by molar-refractivity contribution is 6.29. The third-order valence-corrected chi connectivity index (χ3v) is 2.59. The monoisotopic (exact) mass is 256 g/mol. The van der Waals surface area contributed by atoms with Gasteiger partial charge in [-0.1, -0.05) is 11.6 Å². The van der Waals surface area contributed by atoms with Crippen LogP contribution >= 0.6 is 11.6 Å². The summed E-state index contributed by atoms with van der Waals surface area (Å²) in [5.41, 5.74) is 1.21. The molecule has 0 atom stereocenters. The van der Waals surface area contributed by atoms with Crippen LogP contribution in [0.25, 0.3) is 0 Å². The Morgan fingerprint density at radius 2 is 2.18 bits per heavy atom. The smallest absolute Gasteiger partial charge is 0.254 e. The van der Waals surface area contributed by atoms with E-state index in [-0.39, 0.29) is 18.6 Å². The molecule has 17 heavy (non-hydrogen) atoms.